The molecule has 5 heteroatoms. The first-order chi connectivity index (χ1) is 6.49. The van der Waals surface area contributed by atoms with Crippen LogP contribution in [0.2, 0.25) is 0 Å². The van der Waals surface area contributed by atoms with Crippen LogP contribution in [0.25, 0.3) is 0 Å². The number of aryl methyl sites for hydroxylation is 1. The number of nitrogens with zero attached hydrogens (tertiary/aromatic N) is 1. The van der Waals surface area contributed by atoms with Crippen molar-refractivity contribution in [2.75, 3.05) is 0 Å². The summed E-state index contributed by atoms with van der Waals surface area (Å²) in [7, 11) is -1.48. The maximum Gasteiger partial charge on any atom is 0.488 e. The topological polar surface area (TPSA) is 62.6 Å². The Morgan fingerprint density at radius 2 is 2.00 bits per heavy atom. The van der Waals surface area contributed by atoms with Gasteiger partial charge < -0.3 is 14.8 Å². The molecule has 0 atom stereocenters. The molecule has 0 saturated heterocycles. The fourth-order valence-corrected chi connectivity index (χ4v) is 1.11. The van der Waals surface area contributed by atoms with E-state index in [1.54, 1.807) is 13.0 Å². The molecule has 76 valence electrons. The second-order valence-electron chi connectivity index (χ2n) is 3.42. The Morgan fingerprint density at radius 3 is 2.50 bits per heavy atom. The van der Waals surface area contributed by atoms with Crippen molar-refractivity contribution >= 4 is 12.6 Å². The van der Waals surface area contributed by atoms with E-state index in [9.17, 15) is 0 Å². The van der Waals surface area contributed by atoms with Gasteiger partial charge in [-0.05, 0) is 32.3 Å². The molecule has 2 N–H and O–H groups in total. The van der Waals surface area contributed by atoms with E-state index in [4.69, 9.17) is 14.8 Å². The summed E-state index contributed by atoms with van der Waals surface area (Å²) in [6, 6.07) is 3.13. The molecule has 0 fully saturated rings. The van der Waals surface area contributed by atoms with Gasteiger partial charge in [-0.25, -0.2) is 4.98 Å². The SMILES string of the molecule is Cc1cc(B(O)O)cc(OC(C)C)n1. The zero-order valence-electron chi connectivity index (χ0n) is 8.56. The van der Waals surface area contributed by atoms with Crippen molar-refractivity contribution in [2.45, 2.75) is 26.9 Å². The minimum atomic E-state index is -1.48. The van der Waals surface area contributed by atoms with Gasteiger partial charge in [-0.15, -0.1) is 0 Å². The van der Waals surface area contributed by atoms with Gasteiger partial charge in [0.05, 0.1) is 6.10 Å². The molecule has 14 heavy (non-hydrogen) atoms. The molecule has 0 aliphatic heterocycles. The third-order valence-electron chi connectivity index (χ3n) is 1.61. The highest BCUT2D eigenvalue weighted by Crippen LogP contribution is 2.07. The molecule has 1 aromatic rings. The maximum absolute atomic E-state index is 8.98. The Balaban J connectivity index is 2.95. The van der Waals surface area contributed by atoms with E-state index in [0.29, 0.717) is 17.0 Å². The van der Waals surface area contributed by atoms with E-state index in [2.05, 4.69) is 4.98 Å². The van der Waals surface area contributed by atoms with Crippen molar-refractivity contribution in [3.8, 4) is 5.88 Å². The summed E-state index contributed by atoms with van der Waals surface area (Å²) in [6.45, 7) is 5.55. The number of rotatable bonds is 3. The van der Waals surface area contributed by atoms with Gasteiger partial charge in [0.2, 0.25) is 5.88 Å². The standard InChI is InChI=1S/C9H14BNO3/c1-6(2)14-9-5-8(10(12)13)4-7(3)11-9/h4-6,12-13H,1-3H3. The van der Waals surface area contributed by atoms with Crippen molar-refractivity contribution in [2.24, 2.45) is 0 Å². The Kier molecular flexibility index (Phi) is 3.49. The first kappa shape index (κ1) is 11.0. The minimum absolute atomic E-state index is 0.0213. The van der Waals surface area contributed by atoms with Crippen molar-refractivity contribution in [1.29, 1.82) is 0 Å². The zero-order chi connectivity index (χ0) is 10.7. The van der Waals surface area contributed by atoms with Crippen molar-refractivity contribution in [3.05, 3.63) is 17.8 Å². The summed E-state index contributed by atoms with van der Waals surface area (Å²) in [5.41, 5.74) is 1.10. The number of ether oxygens (including phenoxy) is 1. The molecule has 0 amide bonds. The molecule has 1 rings (SSSR count). The van der Waals surface area contributed by atoms with Gasteiger partial charge >= 0.3 is 7.12 Å². The van der Waals surface area contributed by atoms with Gasteiger partial charge in [0, 0.05) is 11.8 Å². The second-order valence-corrected chi connectivity index (χ2v) is 3.42. The Labute approximate surface area is 83.7 Å². The van der Waals surface area contributed by atoms with Crippen molar-refractivity contribution in [3.63, 3.8) is 0 Å². The molecule has 0 spiro atoms. The molecule has 0 unspecified atom stereocenters. The van der Waals surface area contributed by atoms with Crippen molar-refractivity contribution in [1.82, 2.24) is 4.98 Å². The summed E-state index contributed by atoms with van der Waals surface area (Å²) < 4.78 is 5.35. The lowest BCUT2D eigenvalue weighted by Crippen LogP contribution is -2.30. The van der Waals surface area contributed by atoms with Crippen LogP contribution in [0.4, 0.5) is 0 Å². The van der Waals surface area contributed by atoms with Crippen molar-refractivity contribution < 1.29 is 14.8 Å². The molecule has 0 aliphatic carbocycles. The minimum Gasteiger partial charge on any atom is -0.475 e. The monoisotopic (exact) mass is 195 g/mol. The number of hydrogen-bond acceptors (Lipinski definition) is 4. The molecule has 4 nitrogen and oxygen atoms in total. The summed E-state index contributed by atoms with van der Waals surface area (Å²) >= 11 is 0. The van der Waals surface area contributed by atoms with Crippen LogP contribution in [-0.4, -0.2) is 28.3 Å². The molecule has 0 saturated carbocycles. The zero-order valence-corrected chi connectivity index (χ0v) is 8.56. The Morgan fingerprint density at radius 1 is 1.36 bits per heavy atom. The van der Waals surface area contributed by atoms with Gasteiger partial charge in [-0.3, -0.25) is 0 Å². The largest absolute Gasteiger partial charge is 0.488 e. The first-order valence-corrected chi connectivity index (χ1v) is 4.50. The van der Waals surface area contributed by atoms with E-state index in [0.717, 1.165) is 0 Å². The summed E-state index contributed by atoms with van der Waals surface area (Å²) in [4.78, 5) is 4.11. The van der Waals surface area contributed by atoms with Crippen LogP contribution in [-0.2, 0) is 0 Å². The van der Waals surface area contributed by atoms with Crippen LogP contribution in [0.5, 0.6) is 5.88 Å². The fraction of sp³-hybridized carbons (Fsp3) is 0.444. The van der Waals surface area contributed by atoms with Crippen LogP contribution in [0, 0.1) is 6.92 Å². The molecule has 0 aromatic carbocycles. The predicted molar refractivity (Wildman–Crippen MR) is 54.6 cm³/mol. The Bertz CT molecular complexity index is 315. The van der Waals surface area contributed by atoms with E-state index in [-0.39, 0.29) is 6.10 Å². The lowest BCUT2D eigenvalue weighted by Gasteiger charge is -2.10. The number of pyridine rings is 1. The van der Waals surface area contributed by atoms with Gasteiger partial charge in [-0.1, -0.05) is 0 Å². The number of hydrogen-bond donors (Lipinski definition) is 2. The van der Waals surface area contributed by atoms with Gasteiger partial charge in [0.15, 0.2) is 0 Å². The summed E-state index contributed by atoms with van der Waals surface area (Å²) in [6.07, 6.45) is 0.0213. The predicted octanol–water partition coefficient (Wildman–Crippen LogP) is -0.143. The molecular weight excluding hydrogens is 181 g/mol. The third kappa shape index (κ3) is 3.01. The molecule has 0 aliphatic rings. The molecule has 0 radical (unpaired) electrons. The average Bonchev–Trinajstić information content (AvgIpc) is 2.01. The fourth-order valence-electron chi connectivity index (χ4n) is 1.11. The average molecular weight is 195 g/mol. The van der Waals surface area contributed by atoms with E-state index in [1.165, 1.54) is 6.07 Å². The highest BCUT2D eigenvalue weighted by molar-refractivity contribution is 6.58. The molecule has 1 heterocycles. The van der Waals surface area contributed by atoms with Gasteiger partial charge in [0.1, 0.15) is 0 Å². The second kappa shape index (κ2) is 4.44. The Hall–Kier alpha value is -1.07. The van der Waals surface area contributed by atoms with Crippen LogP contribution in [0.1, 0.15) is 19.5 Å². The van der Waals surface area contributed by atoms with Crippen LogP contribution >= 0.6 is 0 Å². The van der Waals surface area contributed by atoms with Crippen LogP contribution in [0.3, 0.4) is 0 Å². The van der Waals surface area contributed by atoms with E-state index < -0.39 is 7.12 Å². The normalized spacial score (nSPS) is 10.4. The molecular formula is C9H14BNO3. The highest BCUT2D eigenvalue weighted by Gasteiger charge is 2.13. The summed E-state index contributed by atoms with van der Waals surface area (Å²) in [5.74, 6) is 0.420. The molecule has 0 bridgehead atoms. The summed E-state index contributed by atoms with van der Waals surface area (Å²) in [5, 5.41) is 18.0. The number of aromatic nitrogens is 1. The van der Waals surface area contributed by atoms with Gasteiger partial charge in [-0.2, -0.15) is 0 Å². The van der Waals surface area contributed by atoms with Gasteiger partial charge in [0.25, 0.3) is 0 Å². The van der Waals surface area contributed by atoms with Crippen LogP contribution < -0.4 is 10.2 Å². The molecule has 1 aromatic heterocycles. The quantitative estimate of drug-likeness (QED) is 0.658. The van der Waals surface area contributed by atoms with Crippen LogP contribution in [0.15, 0.2) is 12.1 Å². The van der Waals surface area contributed by atoms with E-state index in [1.807, 2.05) is 13.8 Å². The highest BCUT2D eigenvalue weighted by atomic mass is 16.5. The van der Waals surface area contributed by atoms with E-state index >= 15 is 0 Å². The lowest BCUT2D eigenvalue weighted by atomic mass is 9.80. The smallest absolute Gasteiger partial charge is 0.475 e. The first-order valence-electron chi connectivity index (χ1n) is 4.50. The maximum atomic E-state index is 8.98. The third-order valence-corrected chi connectivity index (χ3v) is 1.61. The lowest BCUT2D eigenvalue weighted by molar-refractivity contribution is 0.232.